The fraction of sp³-hybridized carbons (Fsp3) is 0.217. The fourth-order valence-electron chi connectivity index (χ4n) is 3.43. The molecule has 0 saturated carbocycles. The maximum atomic E-state index is 13.1. The fourth-order valence-corrected chi connectivity index (χ4v) is 3.43. The SMILES string of the molecule is CCOc1ccc(C=NNc2nc3c(c(=O)n(Cc4ccccc4)c(=O)n3C)n2C)cc1. The molecule has 1 N–H and O–H groups in total. The largest absolute Gasteiger partial charge is 0.494 e. The Morgan fingerprint density at radius 1 is 1.03 bits per heavy atom. The van der Waals surface area contributed by atoms with Gasteiger partial charge in [-0.05, 0) is 42.3 Å². The highest BCUT2D eigenvalue weighted by atomic mass is 16.5. The van der Waals surface area contributed by atoms with Crippen LogP contribution in [0.25, 0.3) is 11.2 Å². The number of imidazole rings is 1. The van der Waals surface area contributed by atoms with Gasteiger partial charge in [-0.15, -0.1) is 0 Å². The number of aryl methyl sites for hydroxylation is 2. The van der Waals surface area contributed by atoms with Crippen LogP contribution >= 0.6 is 0 Å². The number of nitrogens with zero attached hydrogens (tertiary/aromatic N) is 5. The molecule has 0 aliphatic rings. The summed E-state index contributed by atoms with van der Waals surface area (Å²) in [4.78, 5) is 30.4. The number of anilines is 1. The predicted molar refractivity (Wildman–Crippen MR) is 125 cm³/mol. The van der Waals surface area contributed by atoms with Gasteiger partial charge in [-0.3, -0.25) is 13.9 Å². The van der Waals surface area contributed by atoms with Gasteiger partial charge in [-0.2, -0.15) is 10.1 Å². The number of hydrogen-bond donors (Lipinski definition) is 1. The van der Waals surface area contributed by atoms with Crippen molar-refractivity contribution in [1.82, 2.24) is 18.7 Å². The lowest BCUT2D eigenvalue weighted by Gasteiger charge is -2.08. The summed E-state index contributed by atoms with van der Waals surface area (Å²) in [7, 11) is 3.31. The van der Waals surface area contributed by atoms with E-state index in [9.17, 15) is 9.59 Å². The smallest absolute Gasteiger partial charge is 0.332 e. The van der Waals surface area contributed by atoms with E-state index in [1.807, 2.05) is 61.5 Å². The van der Waals surface area contributed by atoms with Crippen molar-refractivity contribution in [2.75, 3.05) is 12.0 Å². The highest BCUT2D eigenvalue weighted by molar-refractivity contribution is 5.80. The van der Waals surface area contributed by atoms with Crippen molar-refractivity contribution in [3.8, 4) is 5.75 Å². The molecule has 4 rings (SSSR count). The molecule has 0 atom stereocenters. The van der Waals surface area contributed by atoms with E-state index in [1.165, 1.54) is 9.13 Å². The highest BCUT2D eigenvalue weighted by Crippen LogP contribution is 2.14. The van der Waals surface area contributed by atoms with E-state index in [0.29, 0.717) is 23.7 Å². The summed E-state index contributed by atoms with van der Waals surface area (Å²) < 4.78 is 9.63. The third-order valence-corrected chi connectivity index (χ3v) is 5.11. The van der Waals surface area contributed by atoms with Gasteiger partial charge in [0.05, 0.1) is 19.4 Å². The lowest BCUT2D eigenvalue weighted by molar-refractivity contribution is 0.340. The summed E-state index contributed by atoms with van der Waals surface area (Å²) >= 11 is 0. The Morgan fingerprint density at radius 2 is 1.75 bits per heavy atom. The number of benzene rings is 2. The molecule has 2 aromatic carbocycles. The second-order valence-corrected chi connectivity index (χ2v) is 7.26. The Balaban J connectivity index is 1.64. The molecule has 0 unspecified atom stereocenters. The normalized spacial score (nSPS) is 11.3. The van der Waals surface area contributed by atoms with Crippen LogP contribution in [0.2, 0.25) is 0 Å². The first-order chi connectivity index (χ1) is 15.5. The summed E-state index contributed by atoms with van der Waals surface area (Å²) in [6, 6.07) is 16.9. The van der Waals surface area contributed by atoms with Gasteiger partial charge < -0.3 is 9.30 Å². The average Bonchev–Trinajstić information content (AvgIpc) is 3.14. The summed E-state index contributed by atoms with van der Waals surface area (Å²) in [6.07, 6.45) is 1.64. The van der Waals surface area contributed by atoms with Crippen LogP contribution in [0.5, 0.6) is 5.75 Å². The molecule has 0 amide bonds. The number of fused-ring (bicyclic) bond motifs is 1. The van der Waals surface area contributed by atoms with Crippen molar-refractivity contribution in [3.63, 3.8) is 0 Å². The molecule has 0 fully saturated rings. The van der Waals surface area contributed by atoms with E-state index in [4.69, 9.17) is 4.74 Å². The van der Waals surface area contributed by atoms with E-state index in [-0.39, 0.29) is 6.54 Å². The molecule has 0 aliphatic heterocycles. The number of nitrogens with one attached hydrogen (secondary N) is 1. The third-order valence-electron chi connectivity index (χ3n) is 5.11. The zero-order valence-electron chi connectivity index (χ0n) is 18.1. The van der Waals surface area contributed by atoms with Crippen molar-refractivity contribution in [3.05, 3.63) is 86.6 Å². The number of hydrazone groups is 1. The van der Waals surface area contributed by atoms with Gasteiger partial charge in [0.15, 0.2) is 11.2 Å². The number of hydrogen-bond acceptors (Lipinski definition) is 6. The van der Waals surface area contributed by atoms with Gasteiger partial charge in [0.2, 0.25) is 5.95 Å². The van der Waals surface area contributed by atoms with Crippen LogP contribution in [0.4, 0.5) is 5.95 Å². The highest BCUT2D eigenvalue weighted by Gasteiger charge is 2.18. The van der Waals surface area contributed by atoms with Gasteiger partial charge >= 0.3 is 5.69 Å². The zero-order chi connectivity index (χ0) is 22.7. The molecule has 0 bridgehead atoms. The average molecular weight is 432 g/mol. The minimum Gasteiger partial charge on any atom is -0.494 e. The van der Waals surface area contributed by atoms with Crippen LogP contribution in [-0.4, -0.2) is 31.5 Å². The van der Waals surface area contributed by atoms with Gasteiger partial charge in [-0.25, -0.2) is 10.2 Å². The first-order valence-electron chi connectivity index (χ1n) is 10.2. The van der Waals surface area contributed by atoms with Crippen LogP contribution in [-0.2, 0) is 20.6 Å². The zero-order valence-corrected chi connectivity index (χ0v) is 18.1. The van der Waals surface area contributed by atoms with Crippen LogP contribution in [0.3, 0.4) is 0 Å². The second kappa shape index (κ2) is 8.93. The van der Waals surface area contributed by atoms with Crippen molar-refractivity contribution in [2.24, 2.45) is 19.2 Å². The molecular weight excluding hydrogens is 408 g/mol. The van der Waals surface area contributed by atoms with Crippen LogP contribution in [0.15, 0.2) is 69.3 Å². The van der Waals surface area contributed by atoms with E-state index in [1.54, 1.807) is 24.9 Å². The molecule has 9 nitrogen and oxygen atoms in total. The van der Waals surface area contributed by atoms with E-state index < -0.39 is 11.2 Å². The summed E-state index contributed by atoms with van der Waals surface area (Å²) in [5, 5.41) is 4.22. The lowest BCUT2D eigenvalue weighted by Crippen LogP contribution is -2.39. The van der Waals surface area contributed by atoms with E-state index >= 15 is 0 Å². The maximum Gasteiger partial charge on any atom is 0.332 e. The molecule has 4 aromatic rings. The molecule has 2 heterocycles. The van der Waals surface area contributed by atoms with Crippen molar-refractivity contribution in [1.29, 1.82) is 0 Å². The molecule has 0 radical (unpaired) electrons. The van der Waals surface area contributed by atoms with Crippen molar-refractivity contribution in [2.45, 2.75) is 13.5 Å². The third kappa shape index (κ3) is 4.04. The molecule has 0 spiro atoms. The van der Waals surface area contributed by atoms with Crippen molar-refractivity contribution < 1.29 is 4.74 Å². The monoisotopic (exact) mass is 432 g/mol. The Labute approximate surface area is 184 Å². The number of rotatable bonds is 7. The number of ether oxygens (including phenoxy) is 1. The first-order valence-corrected chi connectivity index (χ1v) is 10.2. The molecule has 9 heteroatoms. The van der Waals surface area contributed by atoms with Gasteiger partial charge in [-0.1, -0.05) is 30.3 Å². The van der Waals surface area contributed by atoms with Gasteiger partial charge in [0.1, 0.15) is 5.75 Å². The Kier molecular flexibility index (Phi) is 5.89. The number of aromatic nitrogens is 4. The standard InChI is InChI=1S/C23H24N6O3/c1-4-32-18-12-10-16(11-13-18)14-24-26-22-25-20-19(27(22)2)21(30)29(23(31)28(20)3)15-17-8-6-5-7-9-17/h5-14H,4,15H2,1-3H3,(H,25,26). The molecule has 0 aliphatic carbocycles. The molecule has 2 aromatic heterocycles. The van der Waals surface area contributed by atoms with Crippen LogP contribution in [0, 0.1) is 0 Å². The topological polar surface area (TPSA) is 95.4 Å². The van der Waals surface area contributed by atoms with Crippen LogP contribution < -0.4 is 21.4 Å². The summed E-state index contributed by atoms with van der Waals surface area (Å²) in [5.41, 5.74) is 4.40. The van der Waals surface area contributed by atoms with Gasteiger partial charge in [0, 0.05) is 14.1 Å². The summed E-state index contributed by atoms with van der Waals surface area (Å²) in [5.74, 6) is 1.15. The van der Waals surface area contributed by atoms with Crippen LogP contribution in [0.1, 0.15) is 18.1 Å². The Hall–Kier alpha value is -4.14. The summed E-state index contributed by atoms with van der Waals surface area (Å²) in [6.45, 7) is 2.73. The molecule has 164 valence electrons. The molecular formula is C23H24N6O3. The minimum absolute atomic E-state index is 0.187. The molecule has 32 heavy (non-hydrogen) atoms. The van der Waals surface area contributed by atoms with E-state index in [2.05, 4.69) is 15.5 Å². The lowest BCUT2D eigenvalue weighted by atomic mass is 10.2. The Bertz CT molecular complexity index is 1380. The second-order valence-electron chi connectivity index (χ2n) is 7.26. The maximum absolute atomic E-state index is 13.1. The quantitative estimate of drug-likeness (QED) is 0.357. The predicted octanol–water partition coefficient (Wildman–Crippen LogP) is 2.33. The van der Waals surface area contributed by atoms with E-state index in [0.717, 1.165) is 16.9 Å². The molecule has 0 saturated heterocycles. The Morgan fingerprint density at radius 3 is 2.44 bits per heavy atom. The minimum atomic E-state index is -0.422. The van der Waals surface area contributed by atoms with Gasteiger partial charge in [0.25, 0.3) is 5.56 Å². The first kappa shape index (κ1) is 21.1. The van der Waals surface area contributed by atoms with Crippen molar-refractivity contribution >= 4 is 23.3 Å².